The number of amides is 1. The lowest BCUT2D eigenvalue weighted by Gasteiger charge is -2.14. The summed E-state index contributed by atoms with van der Waals surface area (Å²) in [6.45, 7) is 1.10. The molecule has 0 aromatic heterocycles. The van der Waals surface area contributed by atoms with Gasteiger partial charge in [-0.3, -0.25) is 4.79 Å². The van der Waals surface area contributed by atoms with Crippen molar-refractivity contribution in [2.75, 3.05) is 13.1 Å². The van der Waals surface area contributed by atoms with Crippen molar-refractivity contribution in [2.45, 2.75) is 18.7 Å². The van der Waals surface area contributed by atoms with Gasteiger partial charge in [-0.15, -0.1) is 0 Å². The van der Waals surface area contributed by atoms with E-state index in [1.54, 1.807) is 4.90 Å². The van der Waals surface area contributed by atoms with Gasteiger partial charge in [0.05, 0.1) is 12.1 Å². The SMILES string of the molecule is O=CN1CC[C@H](Oc2ccc(C(F)(F)F)cc2)C1. The number of alkyl halides is 3. The molecule has 98 valence electrons. The molecule has 1 atom stereocenters. The predicted molar refractivity (Wildman–Crippen MR) is 58.1 cm³/mol. The van der Waals surface area contributed by atoms with Crippen molar-refractivity contribution in [3.8, 4) is 5.75 Å². The largest absolute Gasteiger partial charge is 0.489 e. The number of carbonyl (C=O) groups excluding carboxylic acids is 1. The maximum Gasteiger partial charge on any atom is 0.416 e. The summed E-state index contributed by atoms with van der Waals surface area (Å²) in [5.74, 6) is 0.390. The van der Waals surface area contributed by atoms with Crippen LogP contribution in [0.2, 0.25) is 0 Å². The van der Waals surface area contributed by atoms with E-state index in [-0.39, 0.29) is 6.10 Å². The Morgan fingerprint density at radius 3 is 2.44 bits per heavy atom. The molecule has 0 aliphatic carbocycles. The number of rotatable bonds is 3. The summed E-state index contributed by atoms with van der Waals surface area (Å²) in [7, 11) is 0. The Bertz CT molecular complexity index is 416. The van der Waals surface area contributed by atoms with E-state index in [9.17, 15) is 18.0 Å². The molecule has 1 aliphatic rings. The summed E-state index contributed by atoms with van der Waals surface area (Å²) in [5.41, 5.74) is -0.698. The average Bonchev–Trinajstić information content (AvgIpc) is 2.76. The van der Waals surface area contributed by atoms with Crippen LogP contribution in [0.15, 0.2) is 24.3 Å². The highest BCUT2D eigenvalue weighted by molar-refractivity contribution is 5.47. The third-order valence-corrected chi connectivity index (χ3v) is 2.81. The summed E-state index contributed by atoms with van der Waals surface area (Å²) in [6, 6.07) is 4.57. The first-order valence-corrected chi connectivity index (χ1v) is 5.52. The molecular weight excluding hydrogens is 247 g/mol. The maximum atomic E-state index is 12.3. The van der Waals surface area contributed by atoms with Gasteiger partial charge >= 0.3 is 6.18 Å². The third kappa shape index (κ3) is 2.94. The van der Waals surface area contributed by atoms with Gasteiger partial charge in [-0.1, -0.05) is 0 Å². The van der Waals surface area contributed by atoms with Crippen LogP contribution in [0.3, 0.4) is 0 Å². The van der Waals surface area contributed by atoms with Gasteiger partial charge in [0.1, 0.15) is 11.9 Å². The number of carbonyl (C=O) groups is 1. The normalized spacial score (nSPS) is 19.9. The van der Waals surface area contributed by atoms with Crippen LogP contribution < -0.4 is 4.74 Å². The van der Waals surface area contributed by atoms with E-state index < -0.39 is 11.7 Å². The first-order chi connectivity index (χ1) is 8.49. The Balaban J connectivity index is 1.97. The molecule has 2 rings (SSSR count). The van der Waals surface area contributed by atoms with Gasteiger partial charge in [0.25, 0.3) is 0 Å². The Hall–Kier alpha value is -1.72. The second-order valence-corrected chi connectivity index (χ2v) is 4.15. The molecule has 0 unspecified atom stereocenters. The molecule has 1 aromatic carbocycles. The van der Waals surface area contributed by atoms with Gasteiger partial charge < -0.3 is 9.64 Å². The monoisotopic (exact) mass is 259 g/mol. The molecule has 0 bridgehead atoms. The van der Waals surface area contributed by atoms with Crippen molar-refractivity contribution in [1.29, 1.82) is 0 Å². The highest BCUT2D eigenvalue weighted by Gasteiger charge is 2.30. The highest BCUT2D eigenvalue weighted by atomic mass is 19.4. The summed E-state index contributed by atoms with van der Waals surface area (Å²) < 4.78 is 42.5. The van der Waals surface area contributed by atoms with Crippen molar-refractivity contribution in [3.05, 3.63) is 29.8 Å². The fraction of sp³-hybridized carbons (Fsp3) is 0.417. The van der Waals surface area contributed by atoms with Gasteiger partial charge in [0.2, 0.25) is 6.41 Å². The van der Waals surface area contributed by atoms with E-state index in [1.807, 2.05) is 0 Å². The second-order valence-electron chi connectivity index (χ2n) is 4.15. The van der Waals surface area contributed by atoms with Crippen molar-refractivity contribution in [3.63, 3.8) is 0 Å². The van der Waals surface area contributed by atoms with E-state index in [2.05, 4.69) is 0 Å². The zero-order valence-corrected chi connectivity index (χ0v) is 9.48. The second kappa shape index (κ2) is 4.88. The standard InChI is InChI=1S/C12H12F3NO2/c13-12(14,15)9-1-3-10(4-2-9)18-11-5-6-16(7-11)8-17/h1-4,8,11H,5-7H2/t11-/m0/s1. The minimum atomic E-state index is -4.33. The Kier molecular flexibility index (Phi) is 3.45. The van der Waals surface area contributed by atoms with Gasteiger partial charge in [-0.05, 0) is 24.3 Å². The lowest BCUT2D eigenvalue weighted by Crippen LogP contribution is -2.23. The number of benzene rings is 1. The molecule has 1 amide bonds. The fourth-order valence-electron chi connectivity index (χ4n) is 1.86. The lowest BCUT2D eigenvalue weighted by molar-refractivity contribution is -0.137. The van der Waals surface area contributed by atoms with E-state index in [1.165, 1.54) is 12.1 Å². The third-order valence-electron chi connectivity index (χ3n) is 2.81. The molecule has 0 radical (unpaired) electrons. The minimum Gasteiger partial charge on any atom is -0.489 e. The molecule has 3 nitrogen and oxygen atoms in total. The van der Waals surface area contributed by atoms with Crippen molar-refractivity contribution in [1.82, 2.24) is 4.90 Å². The Morgan fingerprint density at radius 1 is 1.28 bits per heavy atom. The first kappa shape index (κ1) is 12.7. The summed E-state index contributed by atoms with van der Waals surface area (Å²) in [4.78, 5) is 12.1. The maximum absolute atomic E-state index is 12.3. The van der Waals surface area contributed by atoms with Crippen LogP contribution in [0.5, 0.6) is 5.75 Å². The Morgan fingerprint density at radius 2 is 1.94 bits per heavy atom. The van der Waals surface area contributed by atoms with Crippen molar-refractivity contribution in [2.24, 2.45) is 0 Å². The van der Waals surface area contributed by atoms with Crippen LogP contribution in [0.25, 0.3) is 0 Å². The number of halogens is 3. The quantitative estimate of drug-likeness (QED) is 0.780. The first-order valence-electron chi connectivity index (χ1n) is 5.52. The Labute approximate surface area is 102 Å². The van der Waals surface area contributed by atoms with Crippen LogP contribution in [0.4, 0.5) is 13.2 Å². The number of hydrogen-bond acceptors (Lipinski definition) is 2. The van der Waals surface area contributed by atoms with Crippen LogP contribution in [-0.2, 0) is 11.0 Å². The zero-order chi connectivity index (χ0) is 13.2. The van der Waals surface area contributed by atoms with Crippen LogP contribution in [0, 0.1) is 0 Å². The van der Waals surface area contributed by atoms with Crippen LogP contribution >= 0.6 is 0 Å². The van der Waals surface area contributed by atoms with Crippen LogP contribution in [-0.4, -0.2) is 30.5 Å². The molecule has 1 aromatic rings. The molecule has 18 heavy (non-hydrogen) atoms. The zero-order valence-electron chi connectivity index (χ0n) is 9.48. The molecule has 0 N–H and O–H groups in total. The summed E-state index contributed by atoms with van der Waals surface area (Å²) in [5, 5.41) is 0. The number of ether oxygens (including phenoxy) is 1. The van der Waals surface area contributed by atoms with E-state index in [0.717, 1.165) is 18.5 Å². The fourth-order valence-corrected chi connectivity index (χ4v) is 1.86. The van der Waals surface area contributed by atoms with Crippen molar-refractivity contribution < 1.29 is 22.7 Å². The molecular formula is C12H12F3NO2. The van der Waals surface area contributed by atoms with Gasteiger partial charge in [0.15, 0.2) is 0 Å². The van der Waals surface area contributed by atoms with E-state index in [4.69, 9.17) is 4.74 Å². The van der Waals surface area contributed by atoms with Gasteiger partial charge in [0, 0.05) is 13.0 Å². The van der Waals surface area contributed by atoms with Gasteiger partial charge in [-0.25, -0.2) is 0 Å². The molecule has 0 spiro atoms. The highest BCUT2D eigenvalue weighted by Crippen LogP contribution is 2.30. The minimum absolute atomic E-state index is 0.146. The predicted octanol–water partition coefficient (Wildman–Crippen LogP) is 2.31. The molecule has 1 aliphatic heterocycles. The number of nitrogens with zero attached hydrogens (tertiary/aromatic N) is 1. The molecule has 6 heteroatoms. The molecule has 0 saturated carbocycles. The van der Waals surface area contributed by atoms with E-state index in [0.29, 0.717) is 25.3 Å². The smallest absolute Gasteiger partial charge is 0.416 e. The number of likely N-dealkylation sites (tertiary alicyclic amines) is 1. The van der Waals surface area contributed by atoms with Crippen LogP contribution in [0.1, 0.15) is 12.0 Å². The summed E-state index contributed by atoms with van der Waals surface area (Å²) >= 11 is 0. The number of hydrogen-bond donors (Lipinski definition) is 0. The topological polar surface area (TPSA) is 29.5 Å². The molecule has 1 fully saturated rings. The molecule has 1 saturated heterocycles. The van der Waals surface area contributed by atoms with E-state index >= 15 is 0 Å². The summed E-state index contributed by atoms with van der Waals surface area (Å²) in [6.07, 6.45) is -3.04. The van der Waals surface area contributed by atoms with Crippen molar-refractivity contribution >= 4 is 6.41 Å². The molecule has 1 heterocycles. The van der Waals surface area contributed by atoms with Gasteiger partial charge in [-0.2, -0.15) is 13.2 Å². The average molecular weight is 259 g/mol. The lowest BCUT2D eigenvalue weighted by atomic mass is 10.2.